The number of amides is 2. The number of thioether (sulfide) groups is 1. The van der Waals surface area contributed by atoms with E-state index >= 15 is 0 Å². The topological polar surface area (TPSA) is 87.2 Å². The SMILES string of the molecule is C=CCCCOC(=O)[C@@H]1[C@@H]2CC(C)C3(S2)C(C(=O)N(CC=C)C2CCCCC2)N([C@@H](CC)CO)C(=O)[C@H]13. The zero-order chi connectivity index (χ0) is 26.7. The zero-order valence-corrected chi connectivity index (χ0v) is 23.3. The molecule has 206 valence electrons. The summed E-state index contributed by atoms with van der Waals surface area (Å²) in [6, 6.07) is -1.03. The minimum Gasteiger partial charge on any atom is -0.465 e. The Morgan fingerprint density at radius 3 is 2.62 bits per heavy atom. The van der Waals surface area contributed by atoms with Crippen LogP contribution in [0.25, 0.3) is 0 Å². The van der Waals surface area contributed by atoms with Crippen molar-refractivity contribution >= 4 is 29.5 Å². The molecule has 0 aromatic rings. The molecule has 3 aliphatic heterocycles. The lowest BCUT2D eigenvalue weighted by atomic mass is 9.66. The molecule has 4 aliphatic rings. The normalized spacial score (nSPS) is 33.8. The first-order valence-corrected chi connectivity index (χ1v) is 15.0. The van der Waals surface area contributed by atoms with E-state index in [9.17, 15) is 19.5 Å². The van der Waals surface area contributed by atoms with Crippen LogP contribution >= 0.6 is 11.8 Å². The molecule has 2 bridgehead atoms. The number of ether oxygens (including phenoxy) is 1. The Labute approximate surface area is 226 Å². The molecule has 1 N–H and O–H groups in total. The van der Waals surface area contributed by atoms with Gasteiger partial charge in [-0.05, 0) is 44.4 Å². The number of carbonyl (C=O) groups excluding carboxylic acids is 3. The van der Waals surface area contributed by atoms with Crippen molar-refractivity contribution in [2.24, 2.45) is 17.8 Å². The van der Waals surface area contributed by atoms with Gasteiger partial charge in [-0.15, -0.1) is 24.9 Å². The number of nitrogens with zero attached hydrogens (tertiary/aromatic N) is 2. The monoisotopic (exact) mass is 532 g/mol. The van der Waals surface area contributed by atoms with Gasteiger partial charge in [0.1, 0.15) is 6.04 Å². The third-order valence-electron chi connectivity index (χ3n) is 9.19. The van der Waals surface area contributed by atoms with Gasteiger partial charge in [-0.1, -0.05) is 45.3 Å². The van der Waals surface area contributed by atoms with Crippen LogP contribution in [0.1, 0.15) is 71.6 Å². The zero-order valence-electron chi connectivity index (χ0n) is 22.5. The molecule has 3 saturated heterocycles. The molecule has 0 aromatic carbocycles. The summed E-state index contributed by atoms with van der Waals surface area (Å²) in [4.78, 5) is 45.8. The summed E-state index contributed by atoms with van der Waals surface area (Å²) in [5.41, 5.74) is 0. The van der Waals surface area contributed by atoms with Crippen molar-refractivity contribution in [1.82, 2.24) is 9.80 Å². The second-order valence-corrected chi connectivity index (χ2v) is 12.8. The van der Waals surface area contributed by atoms with Crippen LogP contribution in [0.15, 0.2) is 25.3 Å². The van der Waals surface area contributed by atoms with Gasteiger partial charge >= 0.3 is 5.97 Å². The van der Waals surface area contributed by atoms with Crippen molar-refractivity contribution in [2.45, 2.75) is 99.8 Å². The van der Waals surface area contributed by atoms with Gasteiger partial charge in [-0.3, -0.25) is 14.4 Å². The van der Waals surface area contributed by atoms with Gasteiger partial charge < -0.3 is 19.6 Å². The lowest BCUT2D eigenvalue weighted by Gasteiger charge is -2.44. The largest absolute Gasteiger partial charge is 0.465 e. The Morgan fingerprint density at radius 2 is 2.00 bits per heavy atom. The predicted octanol–water partition coefficient (Wildman–Crippen LogP) is 3.95. The van der Waals surface area contributed by atoms with Crippen molar-refractivity contribution in [3.8, 4) is 0 Å². The highest BCUT2D eigenvalue weighted by atomic mass is 32.2. The highest BCUT2D eigenvalue weighted by Crippen LogP contribution is 2.69. The number of aliphatic hydroxyl groups excluding tert-OH is 1. The molecule has 7 atom stereocenters. The van der Waals surface area contributed by atoms with Crippen molar-refractivity contribution in [3.63, 3.8) is 0 Å². The van der Waals surface area contributed by atoms with Crippen LogP contribution in [0.4, 0.5) is 0 Å². The Morgan fingerprint density at radius 1 is 1.27 bits per heavy atom. The molecule has 3 heterocycles. The number of esters is 1. The Balaban J connectivity index is 1.72. The van der Waals surface area contributed by atoms with Gasteiger partial charge in [0, 0.05) is 17.8 Å². The van der Waals surface area contributed by atoms with Crippen molar-refractivity contribution in [2.75, 3.05) is 19.8 Å². The molecular weight excluding hydrogens is 488 g/mol. The van der Waals surface area contributed by atoms with Gasteiger partial charge in [0.15, 0.2) is 0 Å². The summed E-state index contributed by atoms with van der Waals surface area (Å²) < 4.78 is 4.97. The van der Waals surface area contributed by atoms with E-state index in [4.69, 9.17) is 4.74 Å². The number of hydrogen-bond acceptors (Lipinski definition) is 6. The number of allylic oxidation sites excluding steroid dienone is 1. The van der Waals surface area contributed by atoms with Crippen LogP contribution in [-0.4, -0.2) is 80.6 Å². The second kappa shape index (κ2) is 11.9. The lowest BCUT2D eigenvalue weighted by molar-refractivity contribution is -0.155. The summed E-state index contributed by atoms with van der Waals surface area (Å²) in [5, 5.41) is 10.3. The third-order valence-corrected chi connectivity index (χ3v) is 11.3. The first kappa shape index (κ1) is 28.2. The molecule has 1 spiro atoms. The van der Waals surface area contributed by atoms with Gasteiger partial charge in [0.05, 0.1) is 35.8 Å². The smallest absolute Gasteiger partial charge is 0.310 e. The van der Waals surface area contributed by atoms with E-state index in [0.717, 1.165) is 38.5 Å². The molecule has 1 saturated carbocycles. The summed E-state index contributed by atoms with van der Waals surface area (Å²) >= 11 is 1.67. The average molecular weight is 533 g/mol. The van der Waals surface area contributed by atoms with E-state index in [2.05, 4.69) is 20.1 Å². The molecule has 4 fully saturated rings. The van der Waals surface area contributed by atoms with E-state index in [1.165, 1.54) is 6.42 Å². The van der Waals surface area contributed by atoms with Crippen LogP contribution in [0.3, 0.4) is 0 Å². The third kappa shape index (κ3) is 4.77. The van der Waals surface area contributed by atoms with E-state index in [1.54, 1.807) is 28.8 Å². The van der Waals surface area contributed by atoms with Crippen LogP contribution in [-0.2, 0) is 19.1 Å². The van der Waals surface area contributed by atoms with Crippen molar-refractivity contribution < 1.29 is 24.2 Å². The molecule has 0 radical (unpaired) electrons. The predicted molar refractivity (Wildman–Crippen MR) is 146 cm³/mol. The number of unbranched alkanes of at least 4 members (excludes halogenated alkanes) is 1. The fraction of sp³-hybridized carbons (Fsp3) is 0.759. The summed E-state index contributed by atoms with van der Waals surface area (Å²) in [5.74, 6) is -1.62. The number of rotatable bonds is 12. The minimum absolute atomic E-state index is 0.0370. The quantitative estimate of drug-likeness (QED) is 0.233. The van der Waals surface area contributed by atoms with E-state index in [-0.39, 0.29) is 41.6 Å². The van der Waals surface area contributed by atoms with Crippen LogP contribution in [0, 0.1) is 17.8 Å². The Bertz CT molecular complexity index is 886. The maximum atomic E-state index is 14.6. The minimum atomic E-state index is -0.701. The first-order valence-electron chi connectivity index (χ1n) is 14.2. The molecule has 1 aliphatic carbocycles. The second-order valence-electron chi connectivity index (χ2n) is 11.2. The van der Waals surface area contributed by atoms with Crippen molar-refractivity contribution in [3.05, 3.63) is 25.3 Å². The van der Waals surface area contributed by atoms with Gasteiger partial charge in [-0.2, -0.15) is 0 Å². The fourth-order valence-corrected chi connectivity index (χ4v) is 9.81. The van der Waals surface area contributed by atoms with Crippen molar-refractivity contribution in [1.29, 1.82) is 0 Å². The van der Waals surface area contributed by atoms with Crippen LogP contribution in [0.5, 0.6) is 0 Å². The maximum Gasteiger partial charge on any atom is 0.310 e. The molecule has 8 heteroatoms. The fourth-order valence-electron chi connectivity index (χ4n) is 7.42. The molecule has 2 amide bonds. The number of likely N-dealkylation sites (tertiary alicyclic amines) is 1. The first-order chi connectivity index (χ1) is 17.9. The van der Waals surface area contributed by atoms with Crippen LogP contribution < -0.4 is 0 Å². The number of carbonyl (C=O) groups is 3. The number of hydrogen-bond donors (Lipinski definition) is 1. The summed E-state index contributed by atoms with van der Waals surface area (Å²) in [6.45, 7) is 12.2. The molecule has 0 aromatic heterocycles. The molecule has 4 rings (SSSR count). The Kier molecular flexibility index (Phi) is 9.10. The van der Waals surface area contributed by atoms with Gasteiger partial charge in [-0.25, -0.2) is 0 Å². The van der Waals surface area contributed by atoms with Crippen LogP contribution in [0.2, 0.25) is 0 Å². The van der Waals surface area contributed by atoms with E-state index in [1.807, 2.05) is 11.8 Å². The molecular formula is C29H44N2O5S. The number of aliphatic hydroxyl groups is 1. The number of fused-ring (bicyclic) bond motifs is 1. The van der Waals surface area contributed by atoms with E-state index in [0.29, 0.717) is 26.0 Å². The van der Waals surface area contributed by atoms with Gasteiger partial charge in [0.25, 0.3) is 0 Å². The molecule has 37 heavy (non-hydrogen) atoms. The standard InChI is InChI=1S/C29H44N2O5S/c1-5-8-12-16-36-28(35)23-22-17-19(4)29(37-22)24(23)26(33)31(20(7-3)18-32)25(29)27(34)30(15-6-2)21-13-10-9-11-14-21/h5-6,19-25,32H,1-2,7-18H2,3-4H3/t19?,20-,22-,23+,24-,25?,29?/m0/s1. The highest BCUT2D eigenvalue weighted by molar-refractivity contribution is 8.02. The summed E-state index contributed by atoms with van der Waals surface area (Å²) in [7, 11) is 0. The van der Waals surface area contributed by atoms with E-state index < -0.39 is 28.7 Å². The molecule has 7 nitrogen and oxygen atoms in total. The van der Waals surface area contributed by atoms with Gasteiger partial charge in [0.2, 0.25) is 11.8 Å². The molecule has 3 unspecified atom stereocenters. The maximum absolute atomic E-state index is 14.6. The lowest BCUT2D eigenvalue weighted by Crippen LogP contribution is -2.60. The Hall–Kier alpha value is -1.80. The highest BCUT2D eigenvalue weighted by Gasteiger charge is 2.77. The average Bonchev–Trinajstić information content (AvgIpc) is 3.50. The summed E-state index contributed by atoms with van der Waals surface area (Å²) in [6.07, 6.45) is 11.6.